The van der Waals surface area contributed by atoms with E-state index in [0.29, 0.717) is 11.5 Å². The Morgan fingerprint density at radius 2 is 1.88 bits per heavy atom. The summed E-state index contributed by atoms with van der Waals surface area (Å²) in [4.78, 5) is 33.6. The van der Waals surface area contributed by atoms with E-state index in [2.05, 4.69) is 46.7 Å². The summed E-state index contributed by atoms with van der Waals surface area (Å²) >= 11 is 3.25. The third-order valence-corrected chi connectivity index (χ3v) is 5.25. The first-order valence-corrected chi connectivity index (χ1v) is 11.0. The zero-order valence-electron chi connectivity index (χ0n) is 18.2. The van der Waals surface area contributed by atoms with Crippen molar-refractivity contribution in [2.45, 2.75) is 19.9 Å². The molecule has 172 valence electrons. The van der Waals surface area contributed by atoms with E-state index >= 15 is 0 Å². The van der Waals surface area contributed by atoms with Crippen molar-refractivity contribution < 1.29 is 14.0 Å². The zero-order chi connectivity index (χ0) is 24.2. The molecule has 2 amide bonds. The lowest BCUT2D eigenvalue weighted by molar-refractivity contribution is 0.101. The van der Waals surface area contributed by atoms with Crippen molar-refractivity contribution in [3.05, 3.63) is 82.6 Å². The van der Waals surface area contributed by atoms with E-state index < -0.39 is 17.6 Å². The van der Waals surface area contributed by atoms with Gasteiger partial charge in [-0.15, -0.1) is 10.2 Å². The average molecular weight is 524 g/mol. The second kappa shape index (κ2) is 9.87. The molecule has 0 spiro atoms. The Morgan fingerprint density at radius 3 is 2.62 bits per heavy atom. The van der Waals surface area contributed by atoms with Gasteiger partial charge in [0.1, 0.15) is 29.4 Å². The first-order valence-electron chi connectivity index (χ1n) is 10.2. The highest BCUT2D eigenvalue weighted by Gasteiger charge is 2.17. The summed E-state index contributed by atoms with van der Waals surface area (Å²) in [5, 5.41) is 13.2. The van der Waals surface area contributed by atoms with Crippen molar-refractivity contribution in [1.82, 2.24) is 24.7 Å². The van der Waals surface area contributed by atoms with Gasteiger partial charge in [-0.05, 0) is 72.2 Å². The standard InChI is InChI=1S/C23H19BrFN7O2/c1-13(2)32-12-27-31-21(32)18-4-3-5-20(29-18)30-22(33)16-10-15(7-8-17(16)25)28-23(34)19-9-6-14(24)11-26-19/h3-13H,1-2H3,(H,28,34)(H,29,30,33). The monoisotopic (exact) mass is 523 g/mol. The SMILES string of the molecule is CC(C)n1cnnc1-c1cccc(NC(=O)c2cc(NC(=O)c3ccc(Br)cn3)ccc2F)n1. The molecule has 0 saturated carbocycles. The molecular formula is C23H19BrFN7O2. The van der Waals surface area contributed by atoms with Crippen LogP contribution in [-0.2, 0) is 0 Å². The van der Waals surface area contributed by atoms with Gasteiger partial charge in [0.25, 0.3) is 11.8 Å². The maximum Gasteiger partial charge on any atom is 0.274 e. The number of halogens is 2. The molecule has 11 heteroatoms. The molecule has 0 aliphatic carbocycles. The van der Waals surface area contributed by atoms with Gasteiger partial charge >= 0.3 is 0 Å². The third-order valence-electron chi connectivity index (χ3n) is 4.78. The fourth-order valence-electron chi connectivity index (χ4n) is 3.10. The highest BCUT2D eigenvalue weighted by Crippen LogP contribution is 2.21. The largest absolute Gasteiger partial charge is 0.321 e. The van der Waals surface area contributed by atoms with Crippen LogP contribution in [0.5, 0.6) is 0 Å². The van der Waals surface area contributed by atoms with Crippen LogP contribution in [0.25, 0.3) is 11.5 Å². The second-order valence-corrected chi connectivity index (χ2v) is 8.44. The number of carbonyl (C=O) groups is 2. The molecule has 0 aliphatic rings. The van der Waals surface area contributed by atoms with Gasteiger partial charge in [-0.2, -0.15) is 0 Å². The third kappa shape index (κ3) is 5.15. The number of amides is 2. The first-order chi connectivity index (χ1) is 16.3. The fraction of sp³-hybridized carbons (Fsp3) is 0.130. The van der Waals surface area contributed by atoms with Crippen molar-refractivity contribution in [3.63, 3.8) is 0 Å². The van der Waals surface area contributed by atoms with Gasteiger partial charge in [-0.1, -0.05) is 6.07 Å². The average Bonchev–Trinajstić information content (AvgIpc) is 3.31. The van der Waals surface area contributed by atoms with E-state index in [4.69, 9.17) is 0 Å². The lowest BCUT2D eigenvalue weighted by Crippen LogP contribution is -2.17. The normalized spacial score (nSPS) is 10.9. The van der Waals surface area contributed by atoms with E-state index in [0.717, 1.165) is 10.5 Å². The summed E-state index contributed by atoms with van der Waals surface area (Å²) in [7, 11) is 0. The predicted octanol–water partition coefficient (Wildman–Crippen LogP) is 4.72. The molecule has 1 aromatic carbocycles. The van der Waals surface area contributed by atoms with Crippen LogP contribution >= 0.6 is 15.9 Å². The van der Waals surface area contributed by atoms with Crippen LogP contribution in [0.2, 0.25) is 0 Å². The summed E-state index contributed by atoms with van der Waals surface area (Å²) in [6, 6.07) is 12.1. The minimum atomic E-state index is -0.743. The summed E-state index contributed by atoms with van der Waals surface area (Å²) in [6.07, 6.45) is 3.09. The molecule has 3 heterocycles. The number of nitrogens with zero attached hydrogens (tertiary/aromatic N) is 5. The summed E-state index contributed by atoms with van der Waals surface area (Å²) in [5.41, 5.74) is 0.674. The molecule has 4 rings (SSSR count). The molecule has 2 N–H and O–H groups in total. The van der Waals surface area contributed by atoms with E-state index in [9.17, 15) is 14.0 Å². The molecule has 9 nitrogen and oxygen atoms in total. The van der Waals surface area contributed by atoms with Gasteiger partial charge in [0.05, 0.1) is 5.56 Å². The van der Waals surface area contributed by atoms with E-state index in [1.54, 1.807) is 30.6 Å². The Bertz CT molecular complexity index is 1360. The van der Waals surface area contributed by atoms with Crippen LogP contribution in [0.1, 0.15) is 40.7 Å². The van der Waals surface area contributed by atoms with Crippen molar-refractivity contribution in [2.24, 2.45) is 0 Å². The molecule has 4 aromatic rings. The Morgan fingerprint density at radius 1 is 1.06 bits per heavy atom. The van der Waals surface area contributed by atoms with E-state index in [1.165, 1.54) is 24.4 Å². The Hall–Kier alpha value is -3.99. The maximum absolute atomic E-state index is 14.4. The molecule has 0 unspecified atom stereocenters. The van der Waals surface area contributed by atoms with Gasteiger partial charge in [0, 0.05) is 22.4 Å². The van der Waals surface area contributed by atoms with Gasteiger partial charge in [-0.3, -0.25) is 9.59 Å². The Balaban J connectivity index is 1.53. The second-order valence-electron chi connectivity index (χ2n) is 7.53. The summed E-state index contributed by atoms with van der Waals surface area (Å²) < 4.78 is 17.0. The van der Waals surface area contributed by atoms with Crippen LogP contribution in [0.3, 0.4) is 0 Å². The van der Waals surface area contributed by atoms with E-state index in [1.807, 2.05) is 18.4 Å². The van der Waals surface area contributed by atoms with Crippen molar-refractivity contribution in [1.29, 1.82) is 0 Å². The van der Waals surface area contributed by atoms with Gasteiger partial charge in [-0.25, -0.2) is 14.4 Å². The lowest BCUT2D eigenvalue weighted by Gasteiger charge is -2.11. The number of hydrogen-bond donors (Lipinski definition) is 2. The van der Waals surface area contributed by atoms with Gasteiger partial charge in [0.2, 0.25) is 0 Å². The Kier molecular flexibility index (Phi) is 6.73. The van der Waals surface area contributed by atoms with Crippen molar-refractivity contribution >= 4 is 39.2 Å². The number of aromatic nitrogens is 5. The summed E-state index contributed by atoms with van der Waals surface area (Å²) in [6.45, 7) is 3.97. The van der Waals surface area contributed by atoms with Crippen molar-refractivity contribution in [2.75, 3.05) is 10.6 Å². The van der Waals surface area contributed by atoms with Crippen LogP contribution in [0.15, 0.2) is 65.5 Å². The van der Waals surface area contributed by atoms with Crippen molar-refractivity contribution in [3.8, 4) is 11.5 Å². The van der Waals surface area contributed by atoms with Gasteiger partial charge < -0.3 is 15.2 Å². The Labute approximate surface area is 202 Å². The highest BCUT2D eigenvalue weighted by atomic mass is 79.9. The van der Waals surface area contributed by atoms with Crippen LogP contribution < -0.4 is 10.6 Å². The minimum absolute atomic E-state index is 0.115. The number of hydrogen-bond acceptors (Lipinski definition) is 6. The van der Waals surface area contributed by atoms with Crippen LogP contribution in [0.4, 0.5) is 15.9 Å². The molecule has 0 aliphatic heterocycles. The molecule has 0 fully saturated rings. The molecule has 0 saturated heterocycles. The number of carbonyl (C=O) groups excluding carboxylic acids is 2. The highest BCUT2D eigenvalue weighted by molar-refractivity contribution is 9.10. The maximum atomic E-state index is 14.4. The van der Waals surface area contributed by atoms with Gasteiger partial charge in [0.15, 0.2) is 5.82 Å². The first kappa shape index (κ1) is 23.2. The number of benzene rings is 1. The molecule has 0 radical (unpaired) electrons. The summed E-state index contributed by atoms with van der Waals surface area (Å²) in [5.74, 6) is -1.19. The molecule has 0 bridgehead atoms. The molecular weight excluding hydrogens is 505 g/mol. The number of nitrogens with one attached hydrogen (secondary N) is 2. The van der Waals surface area contributed by atoms with Crippen LogP contribution in [0, 0.1) is 5.82 Å². The minimum Gasteiger partial charge on any atom is -0.321 e. The molecule has 3 aromatic heterocycles. The van der Waals surface area contributed by atoms with Crippen LogP contribution in [-0.4, -0.2) is 36.5 Å². The smallest absolute Gasteiger partial charge is 0.274 e. The number of anilines is 2. The molecule has 0 atom stereocenters. The zero-order valence-corrected chi connectivity index (χ0v) is 19.7. The number of rotatable bonds is 6. The topological polar surface area (TPSA) is 115 Å². The molecule has 34 heavy (non-hydrogen) atoms. The fourth-order valence-corrected chi connectivity index (χ4v) is 3.33. The number of pyridine rings is 2. The van der Waals surface area contributed by atoms with E-state index in [-0.39, 0.29) is 28.8 Å². The lowest BCUT2D eigenvalue weighted by atomic mass is 10.1. The predicted molar refractivity (Wildman–Crippen MR) is 128 cm³/mol. The quantitative estimate of drug-likeness (QED) is 0.377.